The molecule has 0 unspecified atom stereocenters. The zero-order valence-electron chi connectivity index (χ0n) is 12.6. The van der Waals surface area contributed by atoms with Crippen molar-refractivity contribution in [3.63, 3.8) is 0 Å². The number of aryl methyl sites for hydroxylation is 1. The third-order valence-electron chi connectivity index (χ3n) is 3.24. The number of nitrogens with zero attached hydrogens (tertiary/aromatic N) is 2. The summed E-state index contributed by atoms with van der Waals surface area (Å²) in [4.78, 5) is 16.3. The number of nitrogens with one attached hydrogen (secondary N) is 2. The Morgan fingerprint density at radius 2 is 2.14 bits per heavy atom. The first-order chi connectivity index (χ1) is 10.2. The van der Waals surface area contributed by atoms with Crippen LogP contribution in [-0.4, -0.2) is 28.5 Å². The second kappa shape index (κ2) is 7.59. The van der Waals surface area contributed by atoms with Gasteiger partial charge in [-0.15, -0.1) is 0 Å². The normalized spacial score (nSPS) is 10.6. The molecule has 112 valence electrons. The number of imidazole rings is 1. The Morgan fingerprint density at radius 3 is 2.90 bits per heavy atom. The molecule has 0 aliphatic rings. The average Bonchev–Trinajstić information content (AvgIpc) is 2.89. The summed E-state index contributed by atoms with van der Waals surface area (Å²) in [6, 6.07) is 7.75. The molecule has 5 nitrogen and oxygen atoms in total. The van der Waals surface area contributed by atoms with Gasteiger partial charge in [-0.3, -0.25) is 4.79 Å². The van der Waals surface area contributed by atoms with Gasteiger partial charge in [-0.1, -0.05) is 25.1 Å². The third-order valence-corrected chi connectivity index (χ3v) is 3.24. The van der Waals surface area contributed by atoms with Crippen molar-refractivity contribution in [2.24, 2.45) is 0 Å². The molecule has 2 aromatic rings. The van der Waals surface area contributed by atoms with Crippen LogP contribution in [0.2, 0.25) is 0 Å². The molecule has 0 saturated carbocycles. The zero-order chi connectivity index (χ0) is 15.1. The maximum Gasteiger partial charge on any atom is 0.244 e. The van der Waals surface area contributed by atoms with Crippen molar-refractivity contribution in [1.82, 2.24) is 14.9 Å². The Labute approximate surface area is 125 Å². The summed E-state index contributed by atoms with van der Waals surface area (Å²) in [5, 5.41) is 6.18. The molecule has 0 radical (unpaired) electrons. The number of para-hydroxylation sites is 1. The zero-order valence-corrected chi connectivity index (χ0v) is 12.6. The number of hydrogen-bond acceptors (Lipinski definition) is 3. The summed E-state index contributed by atoms with van der Waals surface area (Å²) in [6.45, 7) is 6.20. The second-order valence-corrected chi connectivity index (χ2v) is 5.00. The van der Waals surface area contributed by atoms with Gasteiger partial charge in [0, 0.05) is 24.8 Å². The lowest BCUT2D eigenvalue weighted by Crippen LogP contribution is -2.18. The van der Waals surface area contributed by atoms with E-state index in [2.05, 4.69) is 22.5 Å². The summed E-state index contributed by atoms with van der Waals surface area (Å²) in [6.07, 6.45) is 4.51. The minimum atomic E-state index is -0.0417. The molecule has 0 bridgehead atoms. The van der Waals surface area contributed by atoms with Crippen molar-refractivity contribution >= 4 is 11.6 Å². The fraction of sp³-hybridized carbons (Fsp3) is 0.375. The van der Waals surface area contributed by atoms with Gasteiger partial charge in [0.25, 0.3) is 0 Å². The molecular weight excluding hydrogens is 264 g/mol. The molecule has 0 aliphatic carbocycles. The van der Waals surface area contributed by atoms with Crippen LogP contribution in [0, 0.1) is 6.92 Å². The van der Waals surface area contributed by atoms with Crippen molar-refractivity contribution in [3.05, 3.63) is 48.0 Å². The third kappa shape index (κ3) is 4.72. The van der Waals surface area contributed by atoms with E-state index in [9.17, 15) is 4.79 Å². The highest BCUT2D eigenvalue weighted by molar-refractivity contribution is 5.91. The monoisotopic (exact) mass is 286 g/mol. The van der Waals surface area contributed by atoms with Crippen molar-refractivity contribution in [3.8, 4) is 0 Å². The molecule has 0 spiro atoms. The average molecular weight is 286 g/mol. The van der Waals surface area contributed by atoms with Crippen LogP contribution in [0.1, 0.15) is 18.2 Å². The van der Waals surface area contributed by atoms with E-state index in [-0.39, 0.29) is 12.5 Å². The Hall–Kier alpha value is -2.14. The van der Waals surface area contributed by atoms with Crippen LogP contribution in [0.25, 0.3) is 0 Å². The Bertz CT molecular complexity index is 591. The first-order valence-corrected chi connectivity index (χ1v) is 7.26. The van der Waals surface area contributed by atoms with E-state index in [1.54, 1.807) is 6.33 Å². The number of likely N-dealkylation sites (N-methyl/N-ethyl adjacent to an activating group) is 1. The molecule has 2 rings (SSSR count). The van der Waals surface area contributed by atoms with Crippen LogP contribution in [0.15, 0.2) is 36.8 Å². The lowest BCUT2D eigenvalue weighted by Gasteiger charge is -2.08. The van der Waals surface area contributed by atoms with E-state index in [4.69, 9.17) is 0 Å². The minimum absolute atomic E-state index is 0.0417. The SMILES string of the molecule is CCNCCc1cn(CC(=O)Nc2ccccc2C)cn1. The van der Waals surface area contributed by atoms with Crippen LogP contribution in [0.5, 0.6) is 0 Å². The minimum Gasteiger partial charge on any atom is -0.328 e. The van der Waals surface area contributed by atoms with Crippen LogP contribution < -0.4 is 10.6 Å². The van der Waals surface area contributed by atoms with E-state index < -0.39 is 0 Å². The number of amides is 1. The maximum atomic E-state index is 12.0. The van der Waals surface area contributed by atoms with E-state index in [0.29, 0.717) is 0 Å². The fourth-order valence-electron chi connectivity index (χ4n) is 2.08. The molecule has 0 aliphatic heterocycles. The number of rotatable bonds is 7. The van der Waals surface area contributed by atoms with Crippen molar-refractivity contribution < 1.29 is 4.79 Å². The van der Waals surface area contributed by atoms with Crippen molar-refractivity contribution in [1.29, 1.82) is 0 Å². The fourth-order valence-corrected chi connectivity index (χ4v) is 2.08. The summed E-state index contributed by atoms with van der Waals surface area (Å²) in [5.74, 6) is -0.0417. The summed E-state index contributed by atoms with van der Waals surface area (Å²) < 4.78 is 1.81. The molecule has 1 aromatic heterocycles. The Kier molecular flexibility index (Phi) is 5.51. The molecule has 2 N–H and O–H groups in total. The maximum absolute atomic E-state index is 12.0. The number of benzene rings is 1. The van der Waals surface area contributed by atoms with Gasteiger partial charge in [0.15, 0.2) is 0 Å². The highest BCUT2D eigenvalue weighted by atomic mass is 16.1. The summed E-state index contributed by atoms with van der Waals surface area (Å²) in [5.41, 5.74) is 2.91. The predicted molar refractivity (Wildman–Crippen MR) is 84.3 cm³/mol. The van der Waals surface area contributed by atoms with Crippen LogP contribution in [-0.2, 0) is 17.8 Å². The molecule has 0 atom stereocenters. The number of carbonyl (C=O) groups is 1. The number of carbonyl (C=O) groups excluding carboxylic acids is 1. The van der Waals surface area contributed by atoms with E-state index in [0.717, 1.165) is 36.5 Å². The van der Waals surface area contributed by atoms with Gasteiger partial charge in [0.1, 0.15) is 6.54 Å². The molecular formula is C16H22N4O. The lowest BCUT2D eigenvalue weighted by molar-refractivity contribution is -0.116. The van der Waals surface area contributed by atoms with Gasteiger partial charge in [-0.05, 0) is 25.1 Å². The topological polar surface area (TPSA) is 59.0 Å². The lowest BCUT2D eigenvalue weighted by atomic mass is 10.2. The highest BCUT2D eigenvalue weighted by Gasteiger charge is 2.06. The van der Waals surface area contributed by atoms with Gasteiger partial charge in [-0.25, -0.2) is 4.98 Å². The van der Waals surface area contributed by atoms with Gasteiger partial charge in [0.05, 0.1) is 12.0 Å². The van der Waals surface area contributed by atoms with Crippen LogP contribution >= 0.6 is 0 Å². The van der Waals surface area contributed by atoms with E-state index >= 15 is 0 Å². The predicted octanol–water partition coefficient (Wildman–Crippen LogP) is 1.98. The largest absolute Gasteiger partial charge is 0.328 e. The molecule has 21 heavy (non-hydrogen) atoms. The van der Waals surface area contributed by atoms with Crippen molar-refractivity contribution in [2.75, 3.05) is 18.4 Å². The molecule has 0 saturated heterocycles. The molecule has 1 amide bonds. The number of aromatic nitrogens is 2. The second-order valence-electron chi connectivity index (χ2n) is 5.00. The van der Waals surface area contributed by atoms with E-state index in [1.165, 1.54) is 0 Å². The quantitative estimate of drug-likeness (QED) is 0.765. The standard InChI is InChI=1S/C16H22N4O/c1-3-17-9-8-14-10-20(12-18-14)11-16(21)19-15-7-5-4-6-13(15)2/h4-7,10,12,17H,3,8-9,11H2,1-2H3,(H,19,21). The van der Waals surface area contributed by atoms with Gasteiger partial charge < -0.3 is 15.2 Å². The first kappa shape index (κ1) is 15.3. The van der Waals surface area contributed by atoms with Crippen LogP contribution in [0.3, 0.4) is 0 Å². The molecule has 1 heterocycles. The molecule has 1 aromatic carbocycles. The van der Waals surface area contributed by atoms with Gasteiger partial charge >= 0.3 is 0 Å². The first-order valence-electron chi connectivity index (χ1n) is 7.26. The van der Waals surface area contributed by atoms with Gasteiger partial charge in [0.2, 0.25) is 5.91 Å². The Morgan fingerprint density at radius 1 is 1.33 bits per heavy atom. The van der Waals surface area contributed by atoms with Crippen LogP contribution in [0.4, 0.5) is 5.69 Å². The summed E-state index contributed by atoms with van der Waals surface area (Å²) >= 11 is 0. The van der Waals surface area contributed by atoms with Crippen molar-refractivity contribution in [2.45, 2.75) is 26.8 Å². The molecule has 5 heteroatoms. The highest BCUT2D eigenvalue weighted by Crippen LogP contribution is 2.13. The Balaban J connectivity index is 1.87. The number of anilines is 1. The smallest absolute Gasteiger partial charge is 0.244 e. The number of hydrogen-bond donors (Lipinski definition) is 2. The summed E-state index contributed by atoms with van der Waals surface area (Å²) in [7, 11) is 0. The molecule has 0 fully saturated rings. The van der Waals surface area contributed by atoms with E-state index in [1.807, 2.05) is 42.0 Å². The van der Waals surface area contributed by atoms with Gasteiger partial charge in [-0.2, -0.15) is 0 Å².